The molecule has 1 unspecified atom stereocenters. The Labute approximate surface area is 123 Å². The second kappa shape index (κ2) is 6.53. The monoisotopic (exact) mass is 311 g/mol. The summed E-state index contributed by atoms with van der Waals surface area (Å²) in [7, 11) is -3.47. The summed E-state index contributed by atoms with van der Waals surface area (Å²) in [6, 6.07) is 4.99. The minimum Gasteiger partial charge on any atom is -0.478 e. The summed E-state index contributed by atoms with van der Waals surface area (Å²) < 4.78 is 22.7. The molecular formula is C14H17NO5S. The van der Waals surface area contributed by atoms with Crippen LogP contribution < -0.4 is 5.32 Å². The quantitative estimate of drug-likeness (QED) is 0.802. The number of hydrogen-bond acceptors (Lipinski definition) is 4. The number of hydrogen-bond donors (Lipinski definition) is 2. The van der Waals surface area contributed by atoms with Crippen molar-refractivity contribution in [1.29, 1.82) is 0 Å². The Kier molecular flexibility index (Phi) is 5.26. The fourth-order valence-electron chi connectivity index (χ4n) is 1.59. The zero-order chi connectivity index (χ0) is 16.2. The number of carboxylic acids is 1. The van der Waals surface area contributed by atoms with E-state index in [1.54, 1.807) is 25.1 Å². The van der Waals surface area contributed by atoms with Crippen LogP contribution >= 0.6 is 0 Å². The highest BCUT2D eigenvalue weighted by molar-refractivity contribution is 7.92. The molecule has 1 aromatic rings. The van der Waals surface area contributed by atoms with Gasteiger partial charge in [-0.3, -0.25) is 4.79 Å². The van der Waals surface area contributed by atoms with Gasteiger partial charge < -0.3 is 10.4 Å². The maximum atomic E-state index is 11.8. The highest BCUT2D eigenvalue weighted by atomic mass is 32.2. The molecule has 1 aromatic carbocycles. The summed E-state index contributed by atoms with van der Waals surface area (Å²) in [5.41, 5.74) is 1.82. The molecule has 1 rings (SSSR count). The number of aliphatic carboxylic acids is 1. The SMILES string of the molecule is Cc1cc(/C=C/C(=O)O)cc(NC(=O)C(C)S(C)(=O)=O)c1. The summed E-state index contributed by atoms with van der Waals surface area (Å²) >= 11 is 0. The van der Waals surface area contributed by atoms with Gasteiger partial charge in [0.05, 0.1) is 0 Å². The Morgan fingerprint density at radius 1 is 1.29 bits per heavy atom. The number of amides is 1. The molecule has 0 aliphatic carbocycles. The molecule has 2 N–H and O–H groups in total. The average molecular weight is 311 g/mol. The number of carboxylic acid groups (broad SMARTS) is 1. The van der Waals surface area contributed by atoms with Gasteiger partial charge in [-0.25, -0.2) is 13.2 Å². The second-order valence-corrected chi connectivity index (χ2v) is 7.13. The molecule has 0 aromatic heterocycles. The van der Waals surface area contributed by atoms with E-state index in [1.165, 1.54) is 13.0 Å². The van der Waals surface area contributed by atoms with Crippen LogP contribution in [0, 0.1) is 6.92 Å². The molecule has 21 heavy (non-hydrogen) atoms. The zero-order valence-electron chi connectivity index (χ0n) is 12.0. The highest BCUT2D eigenvalue weighted by Crippen LogP contribution is 2.16. The number of benzene rings is 1. The van der Waals surface area contributed by atoms with Crippen molar-refractivity contribution >= 4 is 33.5 Å². The predicted octanol–water partition coefficient (Wildman–Crippen LogP) is 1.46. The van der Waals surface area contributed by atoms with Crippen LogP contribution in [0.15, 0.2) is 24.3 Å². The van der Waals surface area contributed by atoms with Crippen molar-refractivity contribution in [1.82, 2.24) is 0 Å². The third-order valence-electron chi connectivity index (χ3n) is 2.80. The topological polar surface area (TPSA) is 101 Å². The largest absolute Gasteiger partial charge is 0.478 e. The maximum absolute atomic E-state index is 11.8. The normalized spacial score (nSPS) is 13.1. The van der Waals surface area contributed by atoms with Crippen LogP contribution in [0.1, 0.15) is 18.1 Å². The Bertz CT molecular complexity index is 691. The molecule has 114 valence electrons. The molecular weight excluding hydrogens is 294 g/mol. The molecule has 0 aliphatic heterocycles. The van der Waals surface area contributed by atoms with Crippen LogP contribution in [-0.4, -0.2) is 36.9 Å². The van der Waals surface area contributed by atoms with Crippen molar-refractivity contribution in [3.8, 4) is 0 Å². The average Bonchev–Trinajstić information content (AvgIpc) is 2.33. The lowest BCUT2D eigenvalue weighted by Crippen LogP contribution is -2.31. The van der Waals surface area contributed by atoms with Crippen molar-refractivity contribution in [3.63, 3.8) is 0 Å². The van der Waals surface area contributed by atoms with Crippen molar-refractivity contribution in [2.24, 2.45) is 0 Å². The molecule has 6 nitrogen and oxygen atoms in total. The lowest BCUT2D eigenvalue weighted by molar-refractivity contribution is -0.131. The van der Waals surface area contributed by atoms with E-state index in [-0.39, 0.29) is 0 Å². The van der Waals surface area contributed by atoms with Crippen molar-refractivity contribution in [3.05, 3.63) is 35.4 Å². The number of carbonyl (C=O) groups excluding carboxylic acids is 1. The Morgan fingerprint density at radius 2 is 1.90 bits per heavy atom. The van der Waals surface area contributed by atoms with E-state index in [4.69, 9.17) is 5.11 Å². The fraction of sp³-hybridized carbons (Fsp3) is 0.286. The number of carbonyl (C=O) groups is 2. The highest BCUT2D eigenvalue weighted by Gasteiger charge is 2.23. The lowest BCUT2D eigenvalue weighted by Gasteiger charge is -2.11. The smallest absolute Gasteiger partial charge is 0.328 e. The molecule has 0 bridgehead atoms. The van der Waals surface area contributed by atoms with Crippen LogP contribution in [-0.2, 0) is 19.4 Å². The van der Waals surface area contributed by atoms with E-state index in [0.29, 0.717) is 11.3 Å². The first-order valence-electron chi connectivity index (χ1n) is 6.12. The van der Waals surface area contributed by atoms with E-state index in [2.05, 4.69) is 5.32 Å². The molecule has 0 heterocycles. The summed E-state index contributed by atoms with van der Waals surface area (Å²) in [6.07, 6.45) is 3.37. The predicted molar refractivity (Wildman–Crippen MR) is 80.8 cm³/mol. The van der Waals surface area contributed by atoms with Crippen LogP contribution in [0.3, 0.4) is 0 Å². The van der Waals surface area contributed by atoms with Gasteiger partial charge in [-0.1, -0.05) is 6.07 Å². The number of sulfone groups is 1. The minimum absolute atomic E-state index is 0.417. The maximum Gasteiger partial charge on any atom is 0.328 e. The molecule has 0 fully saturated rings. The first-order valence-corrected chi connectivity index (χ1v) is 8.07. The van der Waals surface area contributed by atoms with Gasteiger partial charge in [-0.15, -0.1) is 0 Å². The number of anilines is 1. The molecule has 0 aliphatic rings. The van der Waals surface area contributed by atoms with Gasteiger partial charge >= 0.3 is 5.97 Å². The van der Waals surface area contributed by atoms with Crippen LogP contribution in [0.5, 0.6) is 0 Å². The fourth-order valence-corrected chi connectivity index (χ4v) is 2.03. The molecule has 0 radical (unpaired) electrons. The molecule has 7 heteroatoms. The van der Waals surface area contributed by atoms with Gasteiger partial charge in [-0.05, 0) is 43.2 Å². The Hall–Kier alpha value is -2.15. The third kappa shape index (κ3) is 5.39. The summed E-state index contributed by atoms with van der Waals surface area (Å²) in [5.74, 6) is -1.70. The summed E-state index contributed by atoms with van der Waals surface area (Å²) in [6.45, 7) is 3.10. The second-order valence-electron chi connectivity index (χ2n) is 4.76. The van der Waals surface area contributed by atoms with Gasteiger partial charge in [0.2, 0.25) is 5.91 Å². The Morgan fingerprint density at radius 3 is 2.43 bits per heavy atom. The zero-order valence-corrected chi connectivity index (χ0v) is 12.8. The van der Waals surface area contributed by atoms with E-state index in [0.717, 1.165) is 17.9 Å². The van der Waals surface area contributed by atoms with Crippen molar-refractivity contribution in [2.45, 2.75) is 19.1 Å². The number of rotatable bonds is 5. The van der Waals surface area contributed by atoms with Crippen LogP contribution in [0.25, 0.3) is 6.08 Å². The van der Waals surface area contributed by atoms with Gasteiger partial charge in [-0.2, -0.15) is 0 Å². The number of nitrogens with one attached hydrogen (secondary N) is 1. The van der Waals surface area contributed by atoms with E-state index in [9.17, 15) is 18.0 Å². The lowest BCUT2D eigenvalue weighted by atomic mass is 10.1. The molecule has 0 spiro atoms. The van der Waals surface area contributed by atoms with E-state index >= 15 is 0 Å². The molecule has 1 atom stereocenters. The third-order valence-corrected chi connectivity index (χ3v) is 4.30. The molecule has 0 saturated heterocycles. The molecule has 0 saturated carbocycles. The van der Waals surface area contributed by atoms with E-state index in [1.807, 2.05) is 0 Å². The standard InChI is InChI=1S/C14H17NO5S/c1-9-6-11(4-5-13(16)17)8-12(7-9)15-14(18)10(2)21(3,19)20/h4-8,10H,1-3H3,(H,15,18)(H,16,17)/b5-4+. The van der Waals surface area contributed by atoms with Gasteiger partial charge in [0.25, 0.3) is 0 Å². The van der Waals surface area contributed by atoms with Crippen molar-refractivity contribution < 1.29 is 23.1 Å². The molecule has 1 amide bonds. The van der Waals surface area contributed by atoms with Crippen LogP contribution in [0.2, 0.25) is 0 Å². The van der Waals surface area contributed by atoms with Gasteiger partial charge in [0.15, 0.2) is 9.84 Å². The first kappa shape index (κ1) is 16.9. The van der Waals surface area contributed by atoms with Crippen molar-refractivity contribution in [2.75, 3.05) is 11.6 Å². The van der Waals surface area contributed by atoms with E-state index < -0.39 is 27.0 Å². The Balaban J connectivity index is 2.99. The summed E-state index contributed by atoms with van der Waals surface area (Å²) in [4.78, 5) is 22.3. The van der Waals surface area contributed by atoms with Crippen LogP contribution in [0.4, 0.5) is 5.69 Å². The number of aryl methyl sites for hydroxylation is 1. The summed E-state index contributed by atoms with van der Waals surface area (Å²) in [5, 5.41) is 9.96. The first-order chi connectivity index (χ1) is 9.59. The minimum atomic E-state index is -3.47. The van der Waals surface area contributed by atoms with Gasteiger partial charge in [0.1, 0.15) is 5.25 Å². The van der Waals surface area contributed by atoms with Gasteiger partial charge in [0, 0.05) is 18.0 Å².